The summed E-state index contributed by atoms with van der Waals surface area (Å²) in [5.74, 6) is -0.0176. The Hall–Kier alpha value is -1.40. The maximum Gasteiger partial charge on any atom is 0.305 e. The summed E-state index contributed by atoms with van der Waals surface area (Å²) < 4.78 is 5.48. The van der Waals surface area contributed by atoms with Crippen LogP contribution >= 0.6 is 0 Å². The number of carbonyl (C=O) groups excluding carboxylic acids is 2. The van der Waals surface area contributed by atoms with E-state index in [0.29, 0.717) is 25.9 Å². The molecule has 0 aliphatic heterocycles. The lowest BCUT2D eigenvalue weighted by Gasteiger charge is -2.22. The average Bonchev–Trinajstić information content (AvgIpc) is 3.47. The molecule has 0 saturated carbocycles. The van der Waals surface area contributed by atoms with E-state index in [-0.39, 0.29) is 18.5 Å². The average molecular weight is 1140 g/mol. The molecule has 0 radical (unpaired) electrons. The minimum absolute atomic E-state index is 0.00925. The van der Waals surface area contributed by atoms with E-state index in [4.69, 9.17) is 4.74 Å². The molecule has 2 unspecified atom stereocenters. The molecule has 0 rings (SSSR count). The van der Waals surface area contributed by atoms with Gasteiger partial charge in [-0.05, 0) is 51.4 Å². The van der Waals surface area contributed by atoms with E-state index < -0.39 is 12.1 Å². The first kappa shape index (κ1) is 79.6. The zero-order valence-electron chi connectivity index (χ0n) is 55.3. The van der Waals surface area contributed by atoms with Crippen molar-refractivity contribution in [3.05, 3.63) is 12.2 Å². The Morgan fingerprint density at radius 1 is 0.333 bits per heavy atom. The third-order valence-electron chi connectivity index (χ3n) is 17.8. The molecule has 3 N–H and O–H groups in total. The monoisotopic (exact) mass is 1140 g/mol. The lowest BCUT2D eigenvalue weighted by Crippen LogP contribution is -2.45. The fourth-order valence-corrected chi connectivity index (χ4v) is 12.1. The molecule has 0 aromatic carbocycles. The van der Waals surface area contributed by atoms with Crippen molar-refractivity contribution in [3.63, 3.8) is 0 Å². The van der Waals surface area contributed by atoms with Gasteiger partial charge in [-0.1, -0.05) is 379 Å². The van der Waals surface area contributed by atoms with E-state index >= 15 is 0 Å². The SMILES string of the molecule is CCCCCC/C=C\CCCCCCCC(=O)OCCCCCCCCCCCCCCCCCCCCCCCCCCCCC(=O)NC(CO)C(O)CCCCCCCCCCCCCCCCCCCCCCCCCCC. The van der Waals surface area contributed by atoms with Gasteiger partial charge in [-0.15, -0.1) is 0 Å². The van der Waals surface area contributed by atoms with Crippen molar-refractivity contribution >= 4 is 11.9 Å². The van der Waals surface area contributed by atoms with Crippen LogP contribution in [0.2, 0.25) is 0 Å². The number of rotatable bonds is 71. The lowest BCUT2D eigenvalue weighted by atomic mass is 10.0. The van der Waals surface area contributed by atoms with Gasteiger partial charge in [0.15, 0.2) is 0 Å². The number of aliphatic hydroxyl groups is 2. The van der Waals surface area contributed by atoms with Gasteiger partial charge in [0, 0.05) is 12.8 Å². The van der Waals surface area contributed by atoms with Gasteiger partial charge >= 0.3 is 5.97 Å². The number of aliphatic hydroxyl groups excluding tert-OH is 2. The van der Waals surface area contributed by atoms with Crippen molar-refractivity contribution in [2.75, 3.05) is 13.2 Å². The molecule has 0 aliphatic rings. The smallest absolute Gasteiger partial charge is 0.305 e. The quantitative estimate of drug-likeness (QED) is 0.0320. The van der Waals surface area contributed by atoms with Crippen LogP contribution < -0.4 is 5.32 Å². The molecule has 0 spiro atoms. The molecule has 0 aromatic rings. The number of allylic oxidation sites excluding steroid dienone is 2. The van der Waals surface area contributed by atoms with Gasteiger partial charge in [0.1, 0.15) is 0 Å². The summed E-state index contributed by atoms with van der Waals surface area (Å²) in [4.78, 5) is 24.6. The van der Waals surface area contributed by atoms with Crippen LogP contribution in [0.15, 0.2) is 12.2 Å². The van der Waals surface area contributed by atoms with E-state index in [0.717, 1.165) is 44.9 Å². The highest BCUT2D eigenvalue weighted by atomic mass is 16.5. The van der Waals surface area contributed by atoms with Gasteiger partial charge in [-0.3, -0.25) is 9.59 Å². The lowest BCUT2D eigenvalue weighted by molar-refractivity contribution is -0.143. The summed E-state index contributed by atoms with van der Waals surface area (Å²) in [5.41, 5.74) is 0. The van der Waals surface area contributed by atoms with E-state index in [9.17, 15) is 19.8 Å². The molecule has 0 heterocycles. The van der Waals surface area contributed by atoms with Gasteiger partial charge in [0.2, 0.25) is 5.91 Å². The number of nitrogens with one attached hydrogen (secondary N) is 1. The van der Waals surface area contributed by atoms with Crippen LogP contribution in [0.1, 0.15) is 431 Å². The van der Waals surface area contributed by atoms with Crippen molar-refractivity contribution < 1.29 is 24.5 Å². The number of hydrogen-bond acceptors (Lipinski definition) is 5. The highest BCUT2D eigenvalue weighted by Crippen LogP contribution is 2.20. The predicted molar refractivity (Wildman–Crippen MR) is 357 cm³/mol. The Labute approximate surface area is 508 Å². The number of carbonyl (C=O) groups is 2. The van der Waals surface area contributed by atoms with Gasteiger partial charge in [0.05, 0.1) is 25.4 Å². The number of ether oxygens (including phenoxy) is 1. The van der Waals surface area contributed by atoms with Gasteiger partial charge < -0.3 is 20.3 Å². The molecule has 6 heteroatoms. The molecule has 0 bridgehead atoms. The van der Waals surface area contributed by atoms with E-state index in [1.807, 2.05) is 0 Å². The Morgan fingerprint density at radius 2 is 0.580 bits per heavy atom. The molecule has 81 heavy (non-hydrogen) atoms. The first-order valence-corrected chi connectivity index (χ1v) is 37.4. The van der Waals surface area contributed by atoms with Crippen molar-refractivity contribution in [2.45, 2.75) is 443 Å². The summed E-state index contributed by atoms with van der Waals surface area (Å²) in [6.07, 6.45) is 88.5. The Kier molecular flexibility index (Phi) is 69.9. The van der Waals surface area contributed by atoms with Crippen LogP contribution in [0, 0.1) is 0 Å². The minimum atomic E-state index is -0.664. The summed E-state index contributed by atoms with van der Waals surface area (Å²) in [7, 11) is 0. The topological polar surface area (TPSA) is 95.9 Å². The van der Waals surface area contributed by atoms with Crippen LogP contribution in [0.5, 0.6) is 0 Å². The molecule has 0 aromatic heterocycles. The summed E-state index contributed by atoms with van der Waals surface area (Å²) in [5, 5.41) is 23.5. The van der Waals surface area contributed by atoms with E-state index in [2.05, 4.69) is 31.3 Å². The molecule has 0 aliphatic carbocycles. The summed E-state index contributed by atoms with van der Waals surface area (Å²) in [6, 6.07) is -0.541. The molecule has 1 amide bonds. The Morgan fingerprint density at radius 3 is 0.889 bits per heavy atom. The van der Waals surface area contributed by atoms with Crippen molar-refractivity contribution in [3.8, 4) is 0 Å². The van der Waals surface area contributed by atoms with Crippen LogP contribution in [0.4, 0.5) is 0 Å². The number of unbranched alkanes of at least 4 members (excludes halogenated alkanes) is 58. The number of hydrogen-bond donors (Lipinski definition) is 3. The third kappa shape index (κ3) is 67.6. The number of amides is 1. The molecule has 6 nitrogen and oxygen atoms in total. The normalized spacial score (nSPS) is 12.5. The fraction of sp³-hybridized carbons (Fsp3) is 0.947. The zero-order valence-corrected chi connectivity index (χ0v) is 55.3. The fourth-order valence-electron chi connectivity index (χ4n) is 12.1. The standard InChI is InChI=1S/C75H147NO5/c1-3-5-7-9-11-13-15-17-18-19-20-21-22-25-28-31-34-37-40-44-47-51-55-59-63-67-73(78)72(71-77)76-74(79)68-64-60-56-52-48-45-41-38-35-32-29-26-23-24-27-30-33-36-39-42-46-50-54-58-62-66-70-81-75(80)69-65-61-57-53-49-43-16-14-12-10-8-6-4-2/h14,16,72-73,77-78H,3-13,15,17-71H2,1-2H3,(H,76,79)/b16-14-. The minimum Gasteiger partial charge on any atom is -0.466 e. The van der Waals surface area contributed by atoms with Crippen LogP contribution in [0.3, 0.4) is 0 Å². The van der Waals surface area contributed by atoms with E-state index in [1.165, 1.54) is 353 Å². The maximum atomic E-state index is 12.6. The second-order valence-electron chi connectivity index (χ2n) is 26.0. The molecule has 0 fully saturated rings. The van der Waals surface area contributed by atoms with E-state index in [1.54, 1.807) is 0 Å². The first-order valence-electron chi connectivity index (χ1n) is 37.4. The molecular weight excluding hydrogens is 995 g/mol. The number of esters is 1. The van der Waals surface area contributed by atoms with Crippen molar-refractivity contribution in [2.24, 2.45) is 0 Å². The van der Waals surface area contributed by atoms with Crippen LogP contribution in [-0.4, -0.2) is 47.4 Å². The highest BCUT2D eigenvalue weighted by molar-refractivity contribution is 5.76. The van der Waals surface area contributed by atoms with Crippen molar-refractivity contribution in [1.82, 2.24) is 5.32 Å². The Balaban J connectivity index is 3.36. The second kappa shape index (κ2) is 71.1. The van der Waals surface area contributed by atoms with Gasteiger partial charge in [0.25, 0.3) is 0 Å². The zero-order chi connectivity index (χ0) is 58.5. The molecule has 0 saturated heterocycles. The van der Waals surface area contributed by atoms with Crippen LogP contribution in [-0.2, 0) is 14.3 Å². The summed E-state index contributed by atoms with van der Waals surface area (Å²) in [6.45, 7) is 4.98. The van der Waals surface area contributed by atoms with Crippen molar-refractivity contribution in [1.29, 1.82) is 0 Å². The largest absolute Gasteiger partial charge is 0.466 e. The van der Waals surface area contributed by atoms with Gasteiger partial charge in [-0.2, -0.15) is 0 Å². The molecule has 482 valence electrons. The van der Waals surface area contributed by atoms with Gasteiger partial charge in [-0.25, -0.2) is 0 Å². The third-order valence-corrected chi connectivity index (χ3v) is 17.8. The molecule has 2 atom stereocenters. The predicted octanol–water partition coefficient (Wildman–Crippen LogP) is 24.3. The second-order valence-corrected chi connectivity index (χ2v) is 26.0. The molecular formula is C75H147NO5. The van der Waals surface area contributed by atoms with Crippen LogP contribution in [0.25, 0.3) is 0 Å². The highest BCUT2D eigenvalue weighted by Gasteiger charge is 2.20. The first-order chi connectivity index (χ1) is 40.0. The Bertz CT molecular complexity index is 1220. The maximum absolute atomic E-state index is 12.6. The summed E-state index contributed by atoms with van der Waals surface area (Å²) >= 11 is 0.